The molecular weight excluding hydrogens is 343 g/mol. The number of rotatable bonds is 7. The molecule has 126 valence electrons. The van der Waals surface area contributed by atoms with Crippen LogP contribution < -0.4 is 10.3 Å². The van der Waals surface area contributed by atoms with Crippen molar-refractivity contribution in [3.63, 3.8) is 0 Å². The van der Waals surface area contributed by atoms with Gasteiger partial charge in [-0.2, -0.15) is 4.57 Å². The van der Waals surface area contributed by atoms with Crippen LogP contribution in [0.5, 0.6) is 0 Å². The summed E-state index contributed by atoms with van der Waals surface area (Å²) in [5.74, 6) is 1.08. The number of hydrogen-bond acceptors (Lipinski definition) is 7. The summed E-state index contributed by atoms with van der Waals surface area (Å²) in [5.41, 5.74) is 9.67. The molecule has 0 aliphatic rings. The fourth-order valence-electron chi connectivity index (χ4n) is 1.91. The van der Waals surface area contributed by atoms with Crippen LogP contribution in [-0.4, -0.2) is 26.4 Å². The Morgan fingerprint density at radius 3 is 2.83 bits per heavy atom. The first kappa shape index (κ1) is 17.9. The average molecular weight is 361 g/mol. The Morgan fingerprint density at radius 2 is 2.17 bits per heavy atom. The van der Waals surface area contributed by atoms with Gasteiger partial charge in [0.25, 0.3) is 0 Å². The van der Waals surface area contributed by atoms with E-state index in [2.05, 4.69) is 19.5 Å². The topological polar surface area (TPSA) is 132 Å². The molecular formula is C12H18N4O5PS+. The minimum Gasteiger partial charge on any atom is -0.383 e. The molecule has 0 saturated carbocycles. The minimum absolute atomic E-state index is 0.0439. The minimum atomic E-state index is -4.60. The van der Waals surface area contributed by atoms with Crippen molar-refractivity contribution in [3.8, 4) is 0 Å². The Morgan fingerprint density at radius 1 is 1.43 bits per heavy atom. The van der Waals surface area contributed by atoms with E-state index in [9.17, 15) is 4.57 Å². The fourth-order valence-corrected chi connectivity index (χ4v) is 3.09. The summed E-state index contributed by atoms with van der Waals surface area (Å²) in [6.45, 7) is 4.32. The maximum Gasteiger partial charge on any atom is 0.496 e. The van der Waals surface area contributed by atoms with E-state index in [0.29, 0.717) is 24.6 Å². The normalized spacial score (nSPS) is 11.8. The van der Waals surface area contributed by atoms with Gasteiger partial charge in [0.05, 0.1) is 17.0 Å². The molecule has 0 aromatic carbocycles. The van der Waals surface area contributed by atoms with Gasteiger partial charge in [-0.05, 0) is 6.92 Å². The number of thiazole rings is 1. The Kier molecular flexibility index (Phi) is 5.79. The molecule has 0 unspecified atom stereocenters. The van der Waals surface area contributed by atoms with Crippen molar-refractivity contribution in [1.29, 1.82) is 0 Å². The Hall–Kier alpha value is -1.42. The van der Waals surface area contributed by atoms with Gasteiger partial charge < -0.3 is 15.5 Å². The Labute approximate surface area is 136 Å². The second-order valence-corrected chi connectivity index (χ2v) is 6.89. The number of aryl methyl sites for hydroxylation is 1. The summed E-state index contributed by atoms with van der Waals surface area (Å²) in [6, 6.07) is 0. The predicted octanol–water partition coefficient (Wildman–Crippen LogP) is 0.656. The first-order chi connectivity index (χ1) is 10.8. The summed E-state index contributed by atoms with van der Waals surface area (Å²) < 4.78 is 16.5. The third-order valence-electron chi connectivity index (χ3n) is 3.08. The van der Waals surface area contributed by atoms with Crippen LogP contribution in [0.15, 0.2) is 11.7 Å². The molecule has 0 fully saturated rings. The van der Waals surface area contributed by atoms with Gasteiger partial charge in [-0.1, -0.05) is 11.3 Å². The van der Waals surface area contributed by atoms with E-state index in [1.54, 1.807) is 13.1 Å². The first-order valence-corrected chi connectivity index (χ1v) is 9.08. The van der Waals surface area contributed by atoms with Crippen molar-refractivity contribution in [2.45, 2.75) is 26.8 Å². The summed E-state index contributed by atoms with van der Waals surface area (Å²) in [4.78, 5) is 30.9. The van der Waals surface area contributed by atoms with Crippen LogP contribution in [-0.2, 0) is 27.1 Å². The van der Waals surface area contributed by atoms with Crippen LogP contribution in [0.4, 0.5) is 5.82 Å². The molecule has 23 heavy (non-hydrogen) atoms. The molecule has 2 aromatic rings. The standard InChI is InChI=1S/C12H17N4O5PS/c1-8-11(3-4-20-21-22(17,18)19)23-7-16(8)6-10-5-14-9(2)15-12(10)13/h5,7H,3-4,6H2,1-2H3,(H3-,13,14,15,17,18,19)/p+1. The van der Waals surface area contributed by atoms with E-state index in [1.165, 1.54) is 11.3 Å². The van der Waals surface area contributed by atoms with E-state index in [1.807, 2.05) is 17.0 Å². The lowest BCUT2D eigenvalue weighted by Gasteiger charge is -2.03. The molecule has 0 aliphatic heterocycles. The molecule has 2 heterocycles. The van der Waals surface area contributed by atoms with Gasteiger partial charge in [-0.25, -0.2) is 19.4 Å². The van der Waals surface area contributed by atoms with Gasteiger partial charge in [0.1, 0.15) is 11.6 Å². The first-order valence-electron chi connectivity index (χ1n) is 6.67. The van der Waals surface area contributed by atoms with Crippen LogP contribution in [0.1, 0.15) is 22.0 Å². The lowest BCUT2D eigenvalue weighted by molar-refractivity contribution is -0.689. The molecule has 0 saturated heterocycles. The monoisotopic (exact) mass is 361 g/mol. The number of hydrogen-bond donors (Lipinski definition) is 3. The number of nitrogens with two attached hydrogens (primary N) is 1. The molecule has 11 heteroatoms. The number of phosphoric acid groups is 1. The number of aromatic nitrogens is 3. The SMILES string of the molecule is Cc1ncc(C[n+]2csc(CCOOP(=O)(O)O)c2C)c(N)n1. The smallest absolute Gasteiger partial charge is 0.383 e. The lowest BCUT2D eigenvalue weighted by Crippen LogP contribution is -2.35. The average Bonchev–Trinajstić information content (AvgIpc) is 2.78. The van der Waals surface area contributed by atoms with Crippen molar-refractivity contribution in [1.82, 2.24) is 9.97 Å². The van der Waals surface area contributed by atoms with E-state index in [0.717, 1.165) is 16.1 Å². The molecule has 0 amide bonds. The second kappa shape index (κ2) is 7.43. The largest absolute Gasteiger partial charge is 0.496 e. The van der Waals surface area contributed by atoms with Gasteiger partial charge in [0.2, 0.25) is 5.51 Å². The van der Waals surface area contributed by atoms with Gasteiger partial charge in [0, 0.05) is 19.5 Å². The highest BCUT2D eigenvalue weighted by atomic mass is 32.1. The molecule has 0 aliphatic carbocycles. The van der Waals surface area contributed by atoms with E-state index in [4.69, 9.17) is 15.5 Å². The molecule has 4 N–H and O–H groups in total. The Bertz CT molecular complexity index is 732. The molecule has 9 nitrogen and oxygen atoms in total. The quantitative estimate of drug-likeness (QED) is 0.215. The number of nitrogens with zero attached hydrogens (tertiary/aromatic N) is 3. The molecule has 0 bridgehead atoms. The van der Waals surface area contributed by atoms with Gasteiger partial charge in [-0.3, -0.25) is 0 Å². The highest BCUT2D eigenvalue weighted by molar-refractivity contribution is 7.46. The molecule has 2 aromatic heterocycles. The van der Waals surface area contributed by atoms with Crippen LogP contribution in [0.25, 0.3) is 0 Å². The second-order valence-electron chi connectivity index (χ2n) is 4.82. The Balaban J connectivity index is 1.97. The summed E-state index contributed by atoms with van der Waals surface area (Å²) in [6.07, 6.45) is 2.18. The highest BCUT2D eigenvalue weighted by Gasteiger charge is 2.19. The van der Waals surface area contributed by atoms with Gasteiger partial charge >= 0.3 is 7.82 Å². The maximum atomic E-state index is 10.5. The third-order valence-corrected chi connectivity index (χ3v) is 4.52. The summed E-state index contributed by atoms with van der Waals surface area (Å²) in [5, 5.41) is 0. The van der Waals surface area contributed by atoms with Gasteiger partial charge in [0.15, 0.2) is 12.2 Å². The molecule has 0 radical (unpaired) electrons. The van der Waals surface area contributed by atoms with Crippen molar-refractivity contribution in [3.05, 3.63) is 33.7 Å². The van der Waals surface area contributed by atoms with Gasteiger partial charge in [-0.15, -0.1) is 4.67 Å². The number of anilines is 1. The van der Waals surface area contributed by atoms with Crippen molar-refractivity contribution in [2.24, 2.45) is 0 Å². The zero-order chi connectivity index (χ0) is 17.0. The molecule has 0 spiro atoms. The van der Waals surface area contributed by atoms with Crippen molar-refractivity contribution in [2.75, 3.05) is 12.3 Å². The van der Waals surface area contributed by atoms with Crippen LogP contribution in [0.2, 0.25) is 0 Å². The maximum absolute atomic E-state index is 10.5. The zero-order valence-electron chi connectivity index (χ0n) is 12.7. The predicted molar refractivity (Wildman–Crippen MR) is 82.3 cm³/mol. The fraction of sp³-hybridized carbons (Fsp3) is 0.417. The third kappa shape index (κ3) is 5.31. The van der Waals surface area contributed by atoms with E-state index in [-0.39, 0.29) is 6.61 Å². The van der Waals surface area contributed by atoms with Crippen LogP contribution in [0.3, 0.4) is 0 Å². The highest BCUT2D eigenvalue weighted by Crippen LogP contribution is 2.35. The lowest BCUT2D eigenvalue weighted by atomic mass is 10.2. The van der Waals surface area contributed by atoms with Crippen LogP contribution in [0, 0.1) is 13.8 Å². The van der Waals surface area contributed by atoms with E-state index >= 15 is 0 Å². The van der Waals surface area contributed by atoms with Crippen molar-refractivity contribution < 1.29 is 28.5 Å². The zero-order valence-corrected chi connectivity index (χ0v) is 14.4. The summed E-state index contributed by atoms with van der Waals surface area (Å²) in [7, 11) is -4.60. The number of nitrogen functional groups attached to an aromatic ring is 1. The van der Waals surface area contributed by atoms with E-state index < -0.39 is 7.82 Å². The van der Waals surface area contributed by atoms with Crippen molar-refractivity contribution >= 4 is 25.0 Å². The molecule has 0 atom stereocenters. The summed E-state index contributed by atoms with van der Waals surface area (Å²) >= 11 is 1.51. The molecule has 2 rings (SSSR count). The van der Waals surface area contributed by atoms with Crippen LogP contribution >= 0.6 is 19.2 Å².